The maximum absolute atomic E-state index is 9.51. The molecule has 1 aromatic heterocycles. The van der Waals surface area contributed by atoms with Crippen molar-refractivity contribution in [3.05, 3.63) is 17.7 Å². The van der Waals surface area contributed by atoms with Gasteiger partial charge in [0.2, 0.25) is 0 Å². The van der Waals surface area contributed by atoms with Gasteiger partial charge >= 0.3 is 0 Å². The largest absolute Gasteiger partial charge is 0.390 e. The van der Waals surface area contributed by atoms with Crippen molar-refractivity contribution in [2.45, 2.75) is 32.1 Å². The van der Waals surface area contributed by atoms with E-state index in [0.29, 0.717) is 5.82 Å². The van der Waals surface area contributed by atoms with Crippen molar-refractivity contribution >= 4 is 0 Å². The van der Waals surface area contributed by atoms with Crippen LogP contribution in [0, 0.1) is 0 Å². The molecule has 1 aliphatic heterocycles. The summed E-state index contributed by atoms with van der Waals surface area (Å²) in [6.45, 7) is 0.863. The summed E-state index contributed by atoms with van der Waals surface area (Å²) in [5.74, 6) is 0.699. The van der Waals surface area contributed by atoms with Gasteiger partial charge < -0.3 is 14.8 Å². The van der Waals surface area contributed by atoms with Crippen LogP contribution >= 0.6 is 0 Å². The molecule has 0 radical (unpaired) electrons. The fraction of sp³-hybridized carbons (Fsp3) is 0.625. The standard InChI is InChI=1S/C8H12N2O2/c11-5-6-4-9-8-7(12)2-1-3-10(6)8/h4,7,11-12H,1-3,5H2. The Balaban J connectivity index is 2.41. The van der Waals surface area contributed by atoms with E-state index in [1.165, 1.54) is 0 Å². The predicted molar refractivity (Wildman–Crippen MR) is 42.3 cm³/mol. The molecule has 0 aromatic carbocycles. The molecule has 0 amide bonds. The highest BCUT2D eigenvalue weighted by Crippen LogP contribution is 2.24. The SMILES string of the molecule is OCc1cnc2n1CCCC2O. The number of fused-ring (bicyclic) bond motifs is 1. The molecule has 2 N–H and O–H groups in total. The summed E-state index contributed by atoms with van der Waals surface area (Å²) in [5.41, 5.74) is 0.795. The van der Waals surface area contributed by atoms with E-state index in [0.717, 1.165) is 25.1 Å². The molecule has 1 atom stereocenters. The van der Waals surface area contributed by atoms with Crippen molar-refractivity contribution < 1.29 is 10.2 Å². The zero-order valence-corrected chi connectivity index (χ0v) is 6.77. The first-order valence-electron chi connectivity index (χ1n) is 4.16. The molecule has 66 valence electrons. The van der Waals surface area contributed by atoms with E-state index in [1.807, 2.05) is 4.57 Å². The van der Waals surface area contributed by atoms with Gasteiger partial charge in [0.25, 0.3) is 0 Å². The maximum Gasteiger partial charge on any atom is 0.137 e. The second kappa shape index (κ2) is 2.88. The number of aliphatic hydroxyl groups is 2. The molecule has 0 bridgehead atoms. The van der Waals surface area contributed by atoms with E-state index in [9.17, 15) is 5.11 Å². The molecule has 2 rings (SSSR count). The summed E-state index contributed by atoms with van der Waals surface area (Å²) in [4.78, 5) is 4.06. The van der Waals surface area contributed by atoms with Gasteiger partial charge in [-0.3, -0.25) is 0 Å². The Morgan fingerprint density at radius 1 is 1.67 bits per heavy atom. The van der Waals surface area contributed by atoms with E-state index in [2.05, 4.69) is 4.98 Å². The summed E-state index contributed by atoms with van der Waals surface area (Å²) in [7, 11) is 0. The fourth-order valence-corrected chi connectivity index (χ4v) is 1.65. The van der Waals surface area contributed by atoms with Crippen LogP contribution in [0.25, 0.3) is 0 Å². The number of aliphatic hydroxyl groups excluding tert-OH is 2. The first-order valence-corrected chi connectivity index (χ1v) is 4.16. The third-order valence-electron chi connectivity index (χ3n) is 2.29. The Labute approximate surface area is 70.5 Å². The second-order valence-corrected chi connectivity index (χ2v) is 3.08. The highest BCUT2D eigenvalue weighted by molar-refractivity contribution is 5.08. The number of hydrogen-bond donors (Lipinski definition) is 2. The predicted octanol–water partition coefficient (Wildman–Crippen LogP) is 0.203. The third kappa shape index (κ3) is 1.04. The summed E-state index contributed by atoms with van der Waals surface area (Å²) >= 11 is 0. The maximum atomic E-state index is 9.51. The minimum atomic E-state index is -0.445. The normalized spacial score (nSPS) is 22.3. The van der Waals surface area contributed by atoms with Crippen LogP contribution in [-0.2, 0) is 13.2 Å². The molecular weight excluding hydrogens is 156 g/mol. The first kappa shape index (κ1) is 7.76. The van der Waals surface area contributed by atoms with Crippen molar-refractivity contribution in [1.29, 1.82) is 0 Å². The quantitative estimate of drug-likeness (QED) is 0.630. The minimum absolute atomic E-state index is 0.000278. The molecule has 12 heavy (non-hydrogen) atoms. The van der Waals surface area contributed by atoms with Crippen LogP contribution in [0.4, 0.5) is 0 Å². The molecule has 1 unspecified atom stereocenters. The second-order valence-electron chi connectivity index (χ2n) is 3.08. The number of aromatic nitrogens is 2. The molecule has 0 fully saturated rings. The van der Waals surface area contributed by atoms with Gasteiger partial charge in [-0.05, 0) is 12.8 Å². The van der Waals surface area contributed by atoms with Gasteiger partial charge in [0.05, 0.1) is 18.5 Å². The van der Waals surface area contributed by atoms with Gasteiger partial charge in [-0.15, -0.1) is 0 Å². The van der Waals surface area contributed by atoms with Crippen molar-refractivity contribution in [2.24, 2.45) is 0 Å². The lowest BCUT2D eigenvalue weighted by molar-refractivity contribution is 0.131. The summed E-state index contributed by atoms with van der Waals surface area (Å²) < 4.78 is 1.90. The molecular formula is C8H12N2O2. The van der Waals surface area contributed by atoms with Gasteiger partial charge in [-0.2, -0.15) is 0 Å². The lowest BCUT2D eigenvalue weighted by Gasteiger charge is -2.20. The molecule has 2 heterocycles. The monoisotopic (exact) mass is 168 g/mol. The molecule has 4 nitrogen and oxygen atoms in total. The molecule has 0 saturated carbocycles. The Morgan fingerprint density at radius 2 is 2.50 bits per heavy atom. The van der Waals surface area contributed by atoms with Gasteiger partial charge in [0.1, 0.15) is 11.9 Å². The highest BCUT2D eigenvalue weighted by atomic mass is 16.3. The number of imidazole rings is 1. The lowest BCUT2D eigenvalue weighted by atomic mass is 10.1. The van der Waals surface area contributed by atoms with E-state index < -0.39 is 6.10 Å². The lowest BCUT2D eigenvalue weighted by Crippen LogP contribution is -2.17. The highest BCUT2D eigenvalue weighted by Gasteiger charge is 2.20. The van der Waals surface area contributed by atoms with Crippen LogP contribution in [0.1, 0.15) is 30.5 Å². The first-order chi connectivity index (χ1) is 5.83. The number of nitrogens with zero attached hydrogens (tertiary/aromatic N) is 2. The molecule has 0 spiro atoms. The molecule has 0 saturated heterocycles. The average molecular weight is 168 g/mol. The van der Waals surface area contributed by atoms with Crippen LogP contribution < -0.4 is 0 Å². The van der Waals surface area contributed by atoms with Crippen molar-refractivity contribution in [1.82, 2.24) is 9.55 Å². The summed E-state index contributed by atoms with van der Waals surface area (Å²) in [6, 6.07) is 0. The zero-order valence-electron chi connectivity index (χ0n) is 6.77. The molecule has 1 aliphatic rings. The van der Waals surface area contributed by atoms with Gasteiger partial charge in [0.15, 0.2) is 0 Å². The van der Waals surface area contributed by atoms with Crippen LogP contribution in [0.15, 0.2) is 6.20 Å². The average Bonchev–Trinajstić information content (AvgIpc) is 2.49. The smallest absolute Gasteiger partial charge is 0.137 e. The summed E-state index contributed by atoms with van der Waals surface area (Å²) in [5, 5.41) is 18.4. The summed E-state index contributed by atoms with van der Waals surface area (Å²) in [6.07, 6.45) is 2.92. The van der Waals surface area contributed by atoms with Crippen molar-refractivity contribution in [2.75, 3.05) is 0 Å². The zero-order chi connectivity index (χ0) is 8.55. The van der Waals surface area contributed by atoms with Crippen LogP contribution in [-0.4, -0.2) is 19.8 Å². The van der Waals surface area contributed by atoms with Crippen molar-refractivity contribution in [3.63, 3.8) is 0 Å². The van der Waals surface area contributed by atoms with Gasteiger partial charge in [-0.1, -0.05) is 0 Å². The van der Waals surface area contributed by atoms with E-state index >= 15 is 0 Å². The Kier molecular flexibility index (Phi) is 1.86. The third-order valence-corrected chi connectivity index (χ3v) is 2.29. The van der Waals surface area contributed by atoms with Crippen LogP contribution in [0.2, 0.25) is 0 Å². The van der Waals surface area contributed by atoms with E-state index in [4.69, 9.17) is 5.11 Å². The Bertz CT molecular complexity index is 283. The molecule has 1 aromatic rings. The number of rotatable bonds is 1. The fourth-order valence-electron chi connectivity index (χ4n) is 1.65. The molecule has 0 aliphatic carbocycles. The van der Waals surface area contributed by atoms with Gasteiger partial charge in [-0.25, -0.2) is 4.98 Å². The minimum Gasteiger partial charge on any atom is -0.390 e. The van der Waals surface area contributed by atoms with E-state index in [-0.39, 0.29) is 6.61 Å². The van der Waals surface area contributed by atoms with Crippen LogP contribution in [0.5, 0.6) is 0 Å². The molecule has 4 heteroatoms. The number of hydrogen-bond acceptors (Lipinski definition) is 3. The topological polar surface area (TPSA) is 58.3 Å². The van der Waals surface area contributed by atoms with Crippen LogP contribution in [0.3, 0.4) is 0 Å². The van der Waals surface area contributed by atoms with Crippen molar-refractivity contribution in [3.8, 4) is 0 Å². The van der Waals surface area contributed by atoms with E-state index in [1.54, 1.807) is 6.20 Å². The Hall–Kier alpha value is -0.870. The Morgan fingerprint density at radius 3 is 3.25 bits per heavy atom. The van der Waals surface area contributed by atoms with Gasteiger partial charge in [0, 0.05) is 6.54 Å².